The van der Waals surface area contributed by atoms with Gasteiger partial charge in [-0.15, -0.1) is 0 Å². The first kappa shape index (κ1) is 10.3. The van der Waals surface area contributed by atoms with E-state index in [1.807, 2.05) is 19.9 Å². The molecule has 0 saturated carbocycles. The van der Waals surface area contributed by atoms with E-state index in [-0.39, 0.29) is 0 Å². The maximum absolute atomic E-state index is 10.8. The molecule has 0 aliphatic heterocycles. The minimum atomic E-state index is 0.306. The van der Waals surface area contributed by atoms with Crippen molar-refractivity contribution in [2.24, 2.45) is 0 Å². The van der Waals surface area contributed by atoms with Crippen molar-refractivity contribution in [3.05, 3.63) is 27.7 Å². The number of carbonyl (C=O) groups is 1. The number of hydrogen-bond acceptors (Lipinski definition) is 2. The molecule has 0 unspecified atom stereocenters. The summed E-state index contributed by atoms with van der Waals surface area (Å²) in [5.41, 5.74) is 8.04. The molecule has 0 fully saturated rings. The van der Waals surface area contributed by atoms with Crippen LogP contribution in [0.1, 0.15) is 35.7 Å². The van der Waals surface area contributed by atoms with E-state index in [9.17, 15) is 4.79 Å². The molecule has 1 aromatic rings. The van der Waals surface area contributed by atoms with Crippen LogP contribution in [-0.2, 0) is 0 Å². The average Bonchev–Trinajstić information content (AvgIpc) is 2.02. The number of aldehydes is 1. The lowest BCUT2D eigenvalue weighted by Crippen LogP contribution is -1.98. The molecule has 0 bridgehead atoms. The molecule has 0 spiro atoms. The van der Waals surface area contributed by atoms with Crippen LogP contribution in [0.25, 0.3) is 0 Å². The van der Waals surface area contributed by atoms with Crippen LogP contribution in [0.5, 0.6) is 0 Å². The van der Waals surface area contributed by atoms with Gasteiger partial charge >= 0.3 is 0 Å². The molecular weight excluding hydrogens is 230 g/mol. The molecular formula is C10H12BrNO. The second-order valence-electron chi connectivity index (χ2n) is 3.28. The molecule has 2 N–H and O–H groups in total. The Morgan fingerprint density at radius 2 is 2.08 bits per heavy atom. The summed E-state index contributed by atoms with van der Waals surface area (Å²) in [6.07, 6.45) is 0.860. The van der Waals surface area contributed by atoms with Gasteiger partial charge in [0, 0.05) is 15.7 Å². The highest BCUT2D eigenvalue weighted by molar-refractivity contribution is 9.10. The summed E-state index contributed by atoms with van der Waals surface area (Å²) >= 11 is 3.32. The lowest BCUT2D eigenvalue weighted by molar-refractivity contribution is 0.112. The lowest BCUT2D eigenvalue weighted by atomic mass is 9.97. The second kappa shape index (κ2) is 3.92. The first-order valence-electron chi connectivity index (χ1n) is 4.10. The maximum atomic E-state index is 10.8. The van der Waals surface area contributed by atoms with Crippen molar-refractivity contribution in [1.29, 1.82) is 0 Å². The van der Waals surface area contributed by atoms with Crippen LogP contribution in [0.3, 0.4) is 0 Å². The summed E-state index contributed by atoms with van der Waals surface area (Å²) in [6, 6.07) is 3.59. The molecule has 3 heteroatoms. The summed E-state index contributed by atoms with van der Waals surface area (Å²) in [7, 11) is 0. The third-order valence-electron chi connectivity index (χ3n) is 1.92. The largest absolute Gasteiger partial charge is 0.399 e. The number of benzene rings is 1. The van der Waals surface area contributed by atoms with Crippen molar-refractivity contribution < 1.29 is 4.79 Å². The van der Waals surface area contributed by atoms with Gasteiger partial charge in [0.25, 0.3) is 0 Å². The Labute approximate surface area is 86.3 Å². The summed E-state index contributed by atoms with van der Waals surface area (Å²) in [4.78, 5) is 10.8. The summed E-state index contributed by atoms with van der Waals surface area (Å²) < 4.78 is 0.770. The molecule has 0 aliphatic carbocycles. The molecule has 1 rings (SSSR count). The monoisotopic (exact) mass is 241 g/mol. The molecule has 0 amide bonds. The molecule has 0 aromatic heterocycles. The molecule has 0 aliphatic rings. The smallest absolute Gasteiger partial charge is 0.151 e. The van der Waals surface area contributed by atoms with Crippen molar-refractivity contribution in [3.8, 4) is 0 Å². The highest BCUT2D eigenvalue weighted by Crippen LogP contribution is 2.27. The second-order valence-corrected chi connectivity index (χ2v) is 4.13. The predicted molar refractivity (Wildman–Crippen MR) is 58.0 cm³/mol. The van der Waals surface area contributed by atoms with Crippen LogP contribution >= 0.6 is 15.9 Å². The first-order valence-corrected chi connectivity index (χ1v) is 4.89. The van der Waals surface area contributed by atoms with Gasteiger partial charge < -0.3 is 5.73 Å². The minimum Gasteiger partial charge on any atom is -0.399 e. The van der Waals surface area contributed by atoms with Crippen molar-refractivity contribution in [2.75, 3.05) is 5.73 Å². The molecule has 2 nitrogen and oxygen atoms in total. The van der Waals surface area contributed by atoms with Crippen molar-refractivity contribution in [2.45, 2.75) is 19.8 Å². The molecule has 13 heavy (non-hydrogen) atoms. The van der Waals surface area contributed by atoms with Gasteiger partial charge in [0.1, 0.15) is 0 Å². The van der Waals surface area contributed by atoms with Crippen LogP contribution in [-0.4, -0.2) is 6.29 Å². The number of rotatable bonds is 2. The first-order chi connectivity index (χ1) is 6.06. The number of nitrogens with two attached hydrogens (primary N) is 1. The zero-order valence-corrected chi connectivity index (χ0v) is 9.26. The van der Waals surface area contributed by atoms with Gasteiger partial charge in [0.05, 0.1) is 0 Å². The Balaban J connectivity index is 3.38. The van der Waals surface area contributed by atoms with Crippen molar-refractivity contribution in [1.82, 2.24) is 0 Å². The maximum Gasteiger partial charge on any atom is 0.151 e. The number of carbonyl (C=O) groups excluding carboxylic acids is 1. The Bertz CT molecular complexity index is 334. The Hall–Kier alpha value is -0.830. The van der Waals surface area contributed by atoms with Crippen molar-refractivity contribution >= 4 is 27.9 Å². The van der Waals surface area contributed by atoms with Crippen LogP contribution in [0.4, 0.5) is 5.69 Å². The SMILES string of the molecule is CC(C)c1cc(N)cc(Br)c1C=O. The van der Waals surface area contributed by atoms with E-state index in [0.717, 1.165) is 16.3 Å². The van der Waals surface area contributed by atoms with Gasteiger partial charge in [-0.05, 0) is 39.5 Å². The van der Waals surface area contributed by atoms with E-state index in [0.29, 0.717) is 17.2 Å². The highest BCUT2D eigenvalue weighted by Gasteiger charge is 2.10. The topological polar surface area (TPSA) is 43.1 Å². The fourth-order valence-corrected chi connectivity index (χ4v) is 1.85. The summed E-state index contributed by atoms with van der Waals surface area (Å²) in [5.74, 6) is 0.306. The van der Waals surface area contributed by atoms with Gasteiger partial charge in [-0.1, -0.05) is 13.8 Å². The molecule has 0 atom stereocenters. The van der Waals surface area contributed by atoms with E-state index in [2.05, 4.69) is 15.9 Å². The van der Waals surface area contributed by atoms with E-state index < -0.39 is 0 Å². The number of nitrogen functional groups attached to an aromatic ring is 1. The van der Waals surface area contributed by atoms with Gasteiger partial charge in [0.15, 0.2) is 6.29 Å². The van der Waals surface area contributed by atoms with E-state index in [4.69, 9.17) is 5.73 Å². The Morgan fingerprint density at radius 3 is 2.54 bits per heavy atom. The number of anilines is 1. The molecule has 1 aromatic carbocycles. The average molecular weight is 242 g/mol. The summed E-state index contributed by atoms with van der Waals surface area (Å²) in [6.45, 7) is 4.07. The zero-order valence-electron chi connectivity index (χ0n) is 7.67. The van der Waals surface area contributed by atoms with Gasteiger partial charge in [-0.3, -0.25) is 4.79 Å². The van der Waals surface area contributed by atoms with E-state index in [1.165, 1.54) is 0 Å². The van der Waals surface area contributed by atoms with Crippen LogP contribution < -0.4 is 5.73 Å². The van der Waals surface area contributed by atoms with E-state index in [1.54, 1.807) is 6.07 Å². The lowest BCUT2D eigenvalue weighted by Gasteiger charge is -2.11. The fourth-order valence-electron chi connectivity index (χ4n) is 1.26. The minimum absolute atomic E-state index is 0.306. The summed E-state index contributed by atoms with van der Waals surface area (Å²) in [5, 5.41) is 0. The molecule has 0 radical (unpaired) electrons. The number of halogens is 1. The quantitative estimate of drug-likeness (QED) is 0.639. The Morgan fingerprint density at radius 1 is 1.46 bits per heavy atom. The standard InChI is InChI=1S/C10H12BrNO/c1-6(2)8-3-7(12)4-10(11)9(8)5-13/h3-6H,12H2,1-2H3. The fraction of sp³-hybridized carbons (Fsp3) is 0.300. The van der Waals surface area contributed by atoms with Crippen molar-refractivity contribution in [3.63, 3.8) is 0 Å². The van der Waals surface area contributed by atoms with Crippen LogP contribution in [0, 0.1) is 0 Å². The normalized spacial score (nSPS) is 10.5. The van der Waals surface area contributed by atoms with Gasteiger partial charge in [0.2, 0.25) is 0 Å². The Kier molecular flexibility index (Phi) is 3.09. The molecule has 0 saturated heterocycles. The molecule has 70 valence electrons. The highest BCUT2D eigenvalue weighted by atomic mass is 79.9. The van der Waals surface area contributed by atoms with Gasteiger partial charge in [-0.2, -0.15) is 0 Å². The van der Waals surface area contributed by atoms with Gasteiger partial charge in [-0.25, -0.2) is 0 Å². The predicted octanol–water partition coefficient (Wildman–Crippen LogP) is 2.97. The van der Waals surface area contributed by atoms with Crippen LogP contribution in [0.15, 0.2) is 16.6 Å². The molecule has 0 heterocycles. The zero-order chi connectivity index (χ0) is 10.0. The number of hydrogen-bond donors (Lipinski definition) is 1. The van der Waals surface area contributed by atoms with E-state index >= 15 is 0 Å². The third-order valence-corrected chi connectivity index (χ3v) is 2.58. The van der Waals surface area contributed by atoms with Crippen LogP contribution in [0.2, 0.25) is 0 Å². The third kappa shape index (κ3) is 2.10.